The lowest BCUT2D eigenvalue weighted by Gasteiger charge is -2.24. The summed E-state index contributed by atoms with van der Waals surface area (Å²) in [6, 6.07) is 55.7. The number of nitrogens with zero attached hydrogens (tertiary/aromatic N) is 3. The summed E-state index contributed by atoms with van der Waals surface area (Å²) in [6.45, 7) is 0. The zero-order valence-electron chi connectivity index (χ0n) is 28.6. The molecule has 248 valence electrons. The van der Waals surface area contributed by atoms with Gasteiger partial charge < -0.3 is 4.74 Å². The fraction of sp³-hybridized carbons (Fsp3) is 0.0408. The third-order valence-corrected chi connectivity index (χ3v) is 10.9. The molecule has 0 spiro atoms. The van der Waals surface area contributed by atoms with E-state index in [4.69, 9.17) is 19.7 Å². The van der Waals surface area contributed by atoms with E-state index < -0.39 is 0 Å². The van der Waals surface area contributed by atoms with Crippen molar-refractivity contribution in [2.45, 2.75) is 12.0 Å². The van der Waals surface area contributed by atoms with E-state index in [9.17, 15) is 0 Å². The van der Waals surface area contributed by atoms with Gasteiger partial charge in [0.1, 0.15) is 11.9 Å². The first-order valence-corrected chi connectivity index (χ1v) is 18.1. The number of hydrogen-bond donors (Lipinski definition) is 0. The second kappa shape index (κ2) is 11.8. The quantitative estimate of drug-likeness (QED) is 0.174. The van der Waals surface area contributed by atoms with Crippen LogP contribution in [0.3, 0.4) is 0 Å². The fourth-order valence-electron chi connectivity index (χ4n) is 8.34. The lowest BCUT2D eigenvalue weighted by molar-refractivity contribution is 0.271. The zero-order chi connectivity index (χ0) is 34.9. The highest BCUT2D eigenvalue weighted by Crippen LogP contribution is 2.49. The van der Waals surface area contributed by atoms with E-state index in [0.717, 1.165) is 44.0 Å². The van der Waals surface area contributed by atoms with Crippen LogP contribution in [-0.2, 0) is 0 Å². The standard InChI is InChI=1S/C49H31N3O/c1-2-12-32-28-34(23-20-30(32)10-1)47-50-48(35-24-25-37-33(29-35)22-21-31-11-3-4-13-36(31)37)52-49(51-47)42-27-26-40(38-14-5-6-15-39(38)42)41-17-9-19-45-46(41)43-16-7-8-18-44(43)53-45/h1-29,45-46H. The molecule has 2 heterocycles. The molecule has 53 heavy (non-hydrogen) atoms. The lowest BCUT2D eigenvalue weighted by atomic mass is 9.79. The molecule has 0 radical (unpaired) electrons. The van der Waals surface area contributed by atoms with E-state index in [0.29, 0.717) is 17.5 Å². The third-order valence-electron chi connectivity index (χ3n) is 10.9. The minimum atomic E-state index is -0.0265. The molecule has 0 N–H and O–H groups in total. The summed E-state index contributed by atoms with van der Waals surface area (Å²) >= 11 is 0. The molecule has 0 bridgehead atoms. The lowest BCUT2D eigenvalue weighted by Crippen LogP contribution is -2.19. The molecule has 2 unspecified atom stereocenters. The largest absolute Gasteiger partial charge is 0.485 e. The van der Waals surface area contributed by atoms with Crippen LogP contribution in [0.5, 0.6) is 5.75 Å². The summed E-state index contributed by atoms with van der Waals surface area (Å²) in [5.41, 5.74) is 6.54. The van der Waals surface area contributed by atoms with E-state index in [1.165, 1.54) is 38.2 Å². The molecule has 8 aromatic carbocycles. The van der Waals surface area contributed by atoms with Gasteiger partial charge >= 0.3 is 0 Å². The molecular weight excluding hydrogens is 647 g/mol. The molecule has 2 atom stereocenters. The minimum Gasteiger partial charge on any atom is -0.485 e. The molecule has 0 amide bonds. The highest BCUT2D eigenvalue weighted by Gasteiger charge is 2.37. The van der Waals surface area contributed by atoms with E-state index >= 15 is 0 Å². The van der Waals surface area contributed by atoms with Crippen LogP contribution >= 0.6 is 0 Å². The van der Waals surface area contributed by atoms with Crippen LogP contribution in [0.2, 0.25) is 0 Å². The Morgan fingerprint density at radius 1 is 0.434 bits per heavy atom. The van der Waals surface area contributed by atoms with E-state index in [1.54, 1.807) is 0 Å². The number of rotatable bonds is 4. The first-order chi connectivity index (χ1) is 26.2. The first kappa shape index (κ1) is 29.8. The number of fused-ring (bicyclic) bond motifs is 8. The Morgan fingerprint density at radius 3 is 1.87 bits per heavy atom. The van der Waals surface area contributed by atoms with Crippen molar-refractivity contribution < 1.29 is 4.74 Å². The average molecular weight is 678 g/mol. The fourth-order valence-corrected chi connectivity index (χ4v) is 8.34. The Hall–Kier alpha value is -6.91. The molecule has 1 aromatic heterocycles. The minimum absolute atomic E-state index is 0.0265. The summed E-state index contributed by atoms with van der Waals surface area (Å²) in [4.78, 5) is 15.6. The molecule has 0 saturated heterocycles. The molecule has 2 aliphatic rings. The molecule has 0 saturated carbocycles. The van der Waals surface area contributed by atoms with Gasteiger partial charge in [0.2, 0.25) is 0 Å². The van der Waals surface area contributed by atoms with Crippen molar-refractivity contribution in [2.75, 3.05) is 0 Å². The maximum atomic E-state index is 6.40. The summed E-state index contributed by atoms with van der Waals surface area (Å²) < 4.78 is 6.40. The third kappa shape index (κ3) is 4.87. The van der Waals surface area contributed by atoms with Crippen molar-refractivity contribution in [3.63, 3.8) is 0 Å². The first-order valence-electron chi connectivity index (χ1n) is 18.1. The van der Waals surface area contributed by atoms with Gasteiger partial charge in [0, 0.05) is 22.3 Å². The van der Waals surface area contributed by atoms with Crippen molar-refractivity contribution in [1.29, 1.82) is 0 Å². The Balaban J connectivity index is 1.10. The maximum Gasteiger partial charge on any atom is 0.164 e. The topological polar surface area (TPSA) is 47.9 Å². The predicted molar refractivity (Wildman–Crippen MR) is 217 cm³/mol. The van der Waals surface area contributed by atoms with Gasteiger partial charge in [0.15, 0.2) is 17.5 Å². The van der Waals surface area contributed by atoms with Gasteiger partial charge in [-0.05, 0) is 84.6 Å². The van der Waals surface area contributed by atoms with Gasteiger partial charge in [-0.25, -0.2) is 15.0 Å². The molecule has 4 heteroatoms. The van der Waals surface area contributed by atoms with Crippen LogP contribution < -0.4 is 4.74 Å². The van der Waals surface area contributed by atoms with E-state index in [2.05, 4.69) is 170 Å². The number of hydrogen-bond acceptors (Lipinski definition) is 4. The molecular formula is C49H31N3O. The van der Waals surface area contributed by atoms with Gasteiger partial charge in [-0.1, -0.05) is 146 Å². The van der Waals surface area contributed by atoms with Crippen LogP contribution in [0, 0.1) is 0 Å². The monoisotopic (exact) mass is 677 g/mol. The Bertz CT molecular complexity index is 3010. The summed E-state index contributed by atoms with van der Waals surface area (Å²) in [6.07, 6.45) is 6.52. The highest BCUT2D eigenvalue weighted by atomic mass is 16.5. The smallest absolute Gasteiger partial charge is 0.164 e. The van der Waals surface area contributed by atoms with Gasteiger partial charge in [0.25, 0.3) is 0 Å². The Labute approximate surface area is 306 Å². The zero-order valence-corrected chi connectivity index (χ0v) is 28.6. The molecule has 11 rings (SSSR count). The molecule has 1 aliphatic carbocycles. The Kier molecular flexibility index (Phi) is 6.65. The molecule has 4 nitrogen and oxygen atoms in total. The predicted octanol–water partition coefficient (Wildman–Crippen LogP) is 12.0. The molecule has 9 aromatic rings. The SMILES string of the molecule is C1=CC2Oc3ccccc3C2C(c2ccc(-c3nc(-c4ccc5ccccc5c4)nc(-c4ccc5c(ccc6ccccc65)c4)n3)c3ccccc23)=C1. The van der Waals surface area contributed by atoms with Gasteiger partial charge in [0.05, 0.1) is 5.92 Å². The summed E-state index contributed by atoms with van der Waals surface area (Å²) in [5.74, 6) is 3.01. The van der Waals surface area contributed by atoms with Crippen molar-refractivity contribution in [1.82, 2.24) is 15.0 Å². The summed E-state index contributed by atoms with van der Waals surface area (Å²) in [7, 11) is 0. The number of ether oxygens (including phenoxy) is 1. The number of para-hydroxylation sites is 1. The number of allylic oxidation sites excluding steroid dienone is 2. The Morgan fingerprint density at radius 2 is 1.02 bits per heavy atom. The molecule has 1 aliphatic heterocycles. The van der Waals surface area contributed by atoms with Crippen molar-refractivity contribution in [3.8, 4) is 39.9 Å². The van der Waals surface area contributed by atoms with Gasteiger partial charge in [-0.3, -0.25) is 0 Å². The van der Waals surface area contributed by atoms with Crippen LogP contribution in [0.1, 0.15) is 17.0 Å². The van der Waals surface area contributed by atoms with Crippen molar-refractivity contribution in [2.24, 2.45) is 0 Å². The second-order valence-corrected chi connectivity index (χ2v) is 13.9. The normalized spacial score (nSPS) is 16.1. The summed E-state index contributed by atoms with van der Waals surface area (Å²) in [5, 5.41) is 9.39. The van der Waals surface area contributed by atoms with Crippen LogP contribution in [0.25, 0.3) is 82.8 Å². The molecule has 0 fully saturated rings. The maximum absolute atomic E-state index is 6.40. The van der Waals surface area contributed by atoms with Crippen LogP contribution in [0.15, 0.2) is 176 Å². The van der Waals surface area contributed by atoms with E-state index in [-0.39, 0.29) is 12.0 Å². The number of aromatic nitrogens is 3. The van der Waals surface area contributed by atoms with Gasteiger partial charge in [-0.2, -0.15) is 0 Å². The van der Waals surface area contributed by atoms with Crippen LogP contribution in [0.4, 0.5) is 0 Å². The van der Waals surface area contributed by atoms with Crippen molar-refractivity contribution >= 4 is 48.7 Å². The average Bonchev–Trinajstić information content (AvgIpc) is 3.62. The number of benzene rings is 8. The van der Waals surface area contributed by atoms with E-state index in [1.807, 2.05) is 6.07 Å². The van der Waals surface area contributed by atoms with Crippen LogP contribution in [-0.4, -0.2) is 21.1 Å². The second-order valence-electron chi connectivity index (χ2n) is 13.9. The van der Waals surface area contributed by atoms with Gasteiger partial charge in [-0.15, -0.1) is 0 Å². The van der Waals surface area contributed by atoms with Crippen molar-refractivity contribution in [3.05, 3.63) is 187 Å². The highest BCUT2D eigenvalue weighted by molar-refractivity contribution is 6.08.